The first kappa shape index (κ1) is 17.0. The van der Waals surface area contributed by atoms with Crippen molar-refractivity contribution < 1.29 is 0 Å². The van der Waals surface area contributed by atoms with E-state index >= 15 is 0 Å². The Balaban J connectivity index is 4.32. The summed E-state index contributed by atoms with van der Waals surface area (Å²) < 4.78 is 0. The minimum absolute atomic E-state index is 0.867. The molecule has 0 aliphatic carbocycles. The summed E-state index contributed by atoms with van der Waals surface area (Å²) in [5, 5.41) is 0. The molecule has 0 aromatic heterocycles. The lowest BCUT2D eigenvalue weighted by atomic mass is 9.73. The van der Waals surface area contributed by atoms with E-state index in [1.165, 1.54) is 32.1 Å². The lowest BCUT2D eigenvalue weighted by Gasteiger charge is -2.33. The second-order valence-electron chi connectivity index (χ2n) is 6.62. The molecule has 4 unspecified atom stereocenters. The van der Waals surface area contributed by atoms with E-state index in [0.717, 1.165) is 29.6 Å². The molecule has 0 rings (SSSR count). The van der Waals surface area contributed by atoms with Crippen LogP contribution in [-0.4, -0.2) is 0 Å². The van der Waals surface area contributed by atoms with Gasteiger partial charge in [0.15, 0.2) is 0 Å². The minimum Gasteiger partial charge on any atom is -0.0651 e. The van der Waals surface area contributed by atoms with Crippen LogP contribution >= 0.6 is 0 Å². The minimum atomic E-state index is 0.867. The molecule has 0 saturated heterocycles. The smallest absolute Gasteiger partial charge is 0.0360 e. The van der Waals surface area contributed by atoms with Crippen LogP contribution < -0.4 is 0 Å². The van der Waals surface area contributed by atoms with Gasteiger partial charge in [0.05, 0.1) is 0 Å². The van der Waals surface area contributed by atoms with E-state index in [4.69, 9.17) is 0 Å². The number of hydrogen-bond acceptors (Lipinski definition) is 0. The maximum atomic E-state index is 2.49. The standard InChI is InChI=1S/C17H36/c1-8-14(5)16(7)17(15(6)9-2)12-10-11-13(3)4/h13-17H,8-12H2,1-7H3. The van der Waals surface area contributed by atoms with Crippen LogP contribution in [0, 0.1) is 29.6 Å². The summed E-state index contributed by atoms with van der Waals surface area (Å²) in [6.45, 7) is 16.8. The van der Waals surface area contributed by atoms with Gasteiger partial charge in [-0.3, -0.25) is 0 Å². The molecule has 0 fully saturated rings. The van der Waals surface area contributed by atoms with E-state index in [2.05, 4.69) is 48.5 Å². The molecule has 0 aliphatic heterocycles. The first-order valence-corrected chi connectivity index (χ1v) is 7.93. The van der Waals surface area contributed by atoms with Gasteiger partial charge in [-0.15, -0.1) is 0 Å². The van der Waals surface area contributed by atoms with Gasteiger partial charge in [0.1, 0.15) is 0 Å². The predicted molar refractivity (Wildman–Crippen MR) is 80.3 cm³/mol. The third kappa shape index (κ3) is 6.48. The summed E-state index contributed by atoms with van der Waals surface area (Å²) in [5.41, 5.74) is 0. The zero-order valence-corrected chi connectivity index (χ0v) is 13.4. The average molecular weight is 240 g/mol. The highest BCUT2D eigenvalue weighted by Gasteiger charge is 2.25. The van der Waals surface area contributed by atoms with Gasteiger partial charge in [0.2, 0.25) is 0 Å². The highest BCUT2D eigenvalue weighted by atomic mass is 14.3. The number of hydrogen-bond donors (Lipinski definition) is 0. The fraction of sp³-hybridized carbons (Fsp3) is 1.00. The lowest BCUT2D eigenvalue weighted by molar-refractivity contribution is 0.170. The highest BCUT2D eigenvalue weighted by molar-refractivity contribution is 4.75. The molecule has 0 aromatic rings. The Bertz CT molecular complexity index is 171. The fourth-order valence-corrected chi connectivity index (χ4v) is 2.92. The van der Waals surface area contributed by atoms with Gasteiger partial charge >= 0.3 is 0 Å². The Morgan fingerprint density at radius 2 is 1.24 bits per heavy atom. The molecule has 4 atom stereocenters. The molecule has 0 bridgehead atoms. The molecule has 0 spiro atoms. The summed E-state index contributed by atoms with van der Waals surface area (Å²) in [4.78, 5) is 0. The van der Waals surface area contributed by atoms with Crippen molar-refractivity contribution in [2.75, 3.05) is 0 Å². The first-order chi connectivity index (χ1) is 7.93. The van der Waals surface area contributed by atoms with E-state index < -0.39 is 0 Å². The molecular formula is C17H36. The van der Waals surface area contributed by atoms with Crippen LogP contribution in [0.3, 0.4) is 0 Å². The quantitative estimate of drug-likeness (QED) is 0.453. The van der Waals surface area contributed by atoms with Crippen molar-refractivity contribution in [2.24, 2.45) is 29.6 Å². The van der Waals surface area contributed by atoms with Gasteiger partial charge < -0.3 is 0 Å². The van der Waals surface area contributed by atoms with Gasteiger partial charge in [-0.05, 0) is 36.0 Å². The van der Waals surface area contributed by atoms with Crippen molar-refractivity contribution in [3.05, 3.63) is 0 Å². The molecule has 0 nitrogen and oxygen atoms in total. The molecule has 0 aromatic carbocycles. The maximum Gasteiger partial charge on any atom is -0.0360 e. The van der Waals surface area contributed by atoms with Crippen LogP contribution in [0.5, 0.6) is 0 Å². The van der Waals surface area contributed by atoms with E-state index in [-0.39, 0.29) is 0 Å². The van der Waals surface area contributed by atoms with E-state index in [1.807, 2.05) is 0 Å². The molecule has 0 amide bonds. The molecule has 0 radical (unpaired) electrons. The van der Waals surface area contributed by atoms with E-state index in [1.54, 1.807) is 0 Å². The largest absolute Gasteiger partial charge is 0.0651 e. The van der Waals surface area contributed by atoms with Crippen molar-refractivity contribution in [1.82, 2.24) is 0 Å². The molecule has 0 saturated carbocycles. The molecule has 0 heteroatoms. The normalized spacial score (nSPS) is 19.1. The molecule has 0 N–H and O–H groups in total. The monoisotopic (exact) mass is 240 g/mol. The Morgan fingerprint density at radius 1 is 0.706 bits per heavy atom. The van der Waals surface area contributed by atoms with Crippen LogP contribution in [-0.2, 0) is 0 Å². The van der Waals surface area contributed by atoms with Gasteiger partial charge in [-0.1, -0.05) is 74.1 Å². The highest BCUT2D eigenvalue weighted by Crippen LogP contribution is 2.34. The zero-order chi connectivity index (χ0) is 13.4. The third-order valence-electron chi connectivity index (χ3n) is 4.91. The average Bonchev–Trinajstić information content (AvgIpc) is 2.31. The van der Waals surface area contributed by atoms with Gasteiger partial charge in [-0.25, -0.2) is 0 Å². The molecular weight excluding hydrogens is 204 g/mol. The Morgan fingerprint density at radius 3 is 1.65 bits per heavy atom. The second-order valence-corrected chi connectivity index (χ2v) is 6.62. The zero-order valence-electron chi connectivity index (χ0n) is 13.4. The van der Waals surface area contributed by atoms with E-state index in [0.29, 0.717) is 0 Å². The van der Waals surface area contributed by atoms with Gasteiger partial charge in [0, 0.05) is 0 Å². The number of rotatable bonds is 9. The van der Waals surface area contributed by atoms with Gasteiger partial charge in [-0.2, -0.15) is 0 Å². The van der Waals surface area contributed by atoms with Gasteiger partial charge in [0.25, 0.3) is 0 Å². The Kier molecular flexibility index (Phi) is 9.00. The first-order valence-electron chi connectivity index (χ1n) is 7.93. The second kappa shape index (κ2) is 9.00. The predicted octanol–water partition coefficient (Wildman–Crippen LogP) is 6.16. The molecule has 17 heavy (non-hydrogen) atoms. The van der Waals surface area contributed by atoms with E-state index in [9.17, 15) is 0 Å². The molecule has 0 heterocycles. The fourth-order valence-electron chi connectivity index (χ4n) is 2.92. The van der Waals surface area contributed by atoms with Crippen molar-refractivity contribution in [1.29, 1.82) is 0 Å². The van der Waals surface area contributed by atoms with Crippen molar-refractivity contribution in [3.63, 3.8) is 0 Å². The van der Waals surface area contributed by atoms with Crippen LogP contribution in [0.25, 0.3) is 0 Å². The third-order valence-corrected chi connectivity index (χ3v) is 4.91. The Hall–Kier alpha value is 0. The van der Waals surface area contributed by atoms with Crippen LogP contribution in [0.2, 0.25) is 0 Å². The van der Waals surface area contributed by atoms with Crippen LogP contribution in [0.1, 0.15) is 80.6 Å². The summed E-state index contributed by atoms with van der Waals surface area (Å²) >= 11 is 0. The van der Waals surface area contributed by atoms with Crippen molar-refractivity contribution in [2.45, 2.75) is 80.6 Å². The summed E-state index contributed by atoms with van der Waals surface area (Å²) in [7, 11) is 0. The van der Waals surface area contributed by atoms with Crippen LogP contribution in [0.4, 0.5) is 0 Å². The lowest BCUT2D eigenvalue weighted by Crippen LogP contribution is -2.24. The Labute approximate surface area is 111 Å². The topological polar surface area (TPSA) is 0 Å². The summed E-state index contributed by atoms with van der Waals surface area (Å²) in [6.07, 6.45) is 6.94. The molecule has 104 valence electrons. The summed E-state index contributed by atoms with van der Waals surface area (Å²) in [6, 6.07) is 0. The van der Waals surface area contributed by atoms with Crippen molar-refractivity contribution in [3.8, 4) is 0 Å². The van der Waals surface area contributed by atoms with Crippen LogP contribution in [0.15, 0.2) is 0 Å². The molecule has 0 aliphatic rings. The SMILES string of the molecule is CCC(C)C(C)C(CCCC(C)C)C(C)CC. The summed E-state index contributed by atoms with van der Waals surface area (Å²) in [5.74, 6) is 4.47. The maximum absolute atomic E-state index is 2.49. The van der Waals surface area contributed by atoms with Crippen molar-refractivity contribution >= 4 is 0 Å².